The van der Waals surface area contributed by atoms with E-state index < -0.39 is 13.4 Å². The van der Waals surface area contributed by atoms with E-state index in [4.69, 9.17) is 9.05 Å². The van der Waals surface area contributed by atoms with Crippen molar-refractivity contribution in [2.45, 2.75) is 45.9 Å². The van der Waals surface area contributed by atoms with Crippen molar-refractivity contribution in [1.29, 1.82) is 0 Å². The minimum absolute atomic E-state index is 0.292. The van der Waals surface area contributed by atoms with Crippen LogP contribution in [0.4, 0.5) is 0 Å². The number of unbranched alkanes of at least 4 members (excludes halogenated alkanes) is 1. The number of aliphatic hydroxyl groups is 1. The van der Waals surface area contributed by atoms with E-state index >= 15 is 0 Å². The molecule has 0 aromatic carbocycles. The highest BCUT2D eigenvalue weighted by Crippen LogP contribution is 2.53. The Balaban J connectivity index is 4.23. The summed E-state index contributed by atoms with van der Waals surface area (Å²) in [6, 6.07) is 0. The Morgan fingerprint density at radius 3 is 2.07 bits per heavy atom. The molecular formula is C9H21O4P. The standard InChI is InChI=1S/C9H21O4P/c1-4-7-8-9(10)14(11,12-5-2)13-6-3/h9-10H,4-8H2,1-3H3/t9-/m0/s1. The topological polar surface area (TPSA) is 55.8 Å². The molecule has 0 aromatic heterocycles. The lowest BCUT2D eigenvalue weighted by Gasteiger charge is -2.21. The van der Waals surface area contributed by atoms with Gasteiger partial charge in [-0.25, -0.2) is 0 Å². The molecule has 1 atom stereocenters. The number of aliphatic hydroxyl groups excluding tert-OH is 1. The summed E-state index contributed by atoms with van der Waals surface area (Å²) in [4.78, 5) is 0. The maximum absolute atomic E-state index is 11.9. The van der Waals surface area contributed by atoms with Gasteiger partial charge in [-0.15, -0.1) is 0 Å². The minimum atomic E-state index is -3.28. The molecule has 0 amide bonds. The Bertz CT molecular complexity index is 174. The first-order chi connectivity index (χ1) is 6.60. The van der Waals surface area contributed by atoms with Gasteiger partial charge in [-0.1, -0.05) is 19.8 Å². The molecule has 0 heterocycles. The van der Waals surface area contributed by atoms with Gasteiger partial charge in [0, 0.05) is 0 Å². The fourth-order valence-electron chi connectivity index (χ4n) is 1.11. The molecule has 0 fully saturated rings. The second kappa shape index (κ2) is 7.41. The van der Waals surface area contributed by atoms with Crippen molar-refractivity contribution >= 4 is 7.60 Å². The molecule has 0 aliphatic heterocycles. The van der Waals surface area contributed by atoms with Gasteiger partial charge >= 0.3 is 7.60 Å². The Kier molecular flexibility index (Phi) is 7.47. The summed E-state index contributed by atoms with van der Waals surface area (Å²) in [6.45, 7) is 6.07. The Hall–Kier alpha value is 0.110. The first kappa shape index (κ1) is 14.1. The smallest absolute Gasteiger partial charge is 0.358 e. The van der Waals surface area contributed by atoms with Crippen molar-refractivity contribution in [3.05, 3.63) is 0 Å². The maximum atomic E-state index is 11.9. The summed E-state index contributed by atoms with van der Waals surface area (Å²) in [5.74, 6) is -0.984. The van der Waals surface area contributed by atoms with Gasteiger partial charge in [-0.05, 0) is 20.3 Å². The van der Waals surface area contributed by atoms with Crippen LogP contribution < -0.4 is 0 Å². The van der Waals surface area contributed by atoms with Crippen molar-refractivity contribution in [2.75, 3.05) is 13.2 Å². The van der Waals surface area contributed by atoms with Crippen LogP contribution in [0.3, 0.4) is 0 Å². The molecule has 0 aromatic rings. The van der Waals surface area contributed by atoms with Gasteiger partial charge < -0.3 is 14.2 Å². The van der Waals surface area contributed by atoms with Crippen molar-refractivity contribution < 1.29 is 18.7 Å². The molecule has 0 saturated heterocycles. The van der Waals surface area contributed by atoms with Crippen LogP contribution in [0.25, 0.3) is 0 Å². The highest BCUT2D eigenvalue weighted by molar-refractivity contribution is 7.54. The number of rotatable bonds is 8. The minimum Gasteiger partial charge on any atom is -0.380 e. The van der Waals surface area contributed by atoms with E-state index in [0.29, 0.717) is 19.6 Å². The van der Waals surface area contributed by atoms with Crippen LogP contribution in [-0.2, 0) is 13.6 Å². The van der Waals surface area contributed by atoms with Gasteiger partial charge in [0.15, 0.2) is 5.85 Å². The average Bonchev–Trinajstić information content (AvgIpc) is 2.15. The second-order valence-corrected chi connectivity index (χ2v) is 5.19. The SMILES string of the molecule is CCCC[C@@H](O)P(=O)(OCC)OCC. The summed E-state index contributed by atoms with van der Waals surface area (Å²) in [7, 11) is -3.28. The lowest BCUT2D eigenvalue weighted by Crippen LogP contribution is -2.12. The van der Waals surface area contributed by atoms with Crippen LogP contribution >= 0.6 is 7.60 Å². The summed E-state index contributed by atoms with van der Waals surface area (Å²) in [6.07, 6.45) is 2.24. The van der Waals surface area contributed by atoms with E-state index in [-0.39, 0.29) is 0 Å². The predicted octanol–water partition coefficient (Wildman–Crippen LogP) is 2.76. The lowest BCUT2D eigenvalue weighted by molar-refractivity contribution is 0.143. The molecule has 0 rings (SSSR count). The van der Waals surface area contributed by atoms with Gasteiger partial charge in [0.2, 0.25) is 0 Å². The highest BCUT2D eigenvalue weighted by atomic mass is 31.2. The molecular weight excluding hydrogens is 203 g/mol. The zero-order valence-electron chi connectivity index (χ0n) is 9.23. The van der Waals surface area contributed by atoms with Crippen LogP contribution in [0.5, 0.6) is 0 Å². The second-order valence-electron chi connectivity index (χ2n) is 3.00. The third-order valence-corrected chi connectivity index (χ3v) is 4.02. The van der Waals surface area contributed by atoms with E-state index in [1.165, 1.54) is 0 Å². The molecule has 1 N–H and O–H groups in total. The molecule has 0 unspecified atom stereocenters. The predicted molar refractivity (Wildman–Crippen MR) is 56.4 cm³/mol. The maximum Gasteiger partial charge on any atom is 0.358 e. The van der Waals surface area contributed by atoms with Gasteiger partial charge in [0.1, 0.15) is 0 Å². The number of hydrogen-bond donors (Lipinski definition) is 1. The monoisotopic (exact) mass is 224 g/mol. The quantitative estimate of drug-likeness (QED) is 0.644. The summed E-state index contributed by atoms with van der Waals surface area (Å²) in [5.41, 5.74) is 0. The van der Waals surface area contributed by atoms with Gasteiger partial charge in [-0.2, -0.15) is 0 Å². The van der Waals surface area contributed by atoms with E-state index in [2.05, 4.69) is 0 Å². The van der Waals surface area contributed by atoms with Crippen molar-refractivity contribution in [3.8, 4) is 0 Å². The van der Waals surface area contributed by atoms with Crippen LogP contribution in [0.2, 0.25) is 0 Å². The van der Waals surface area contributed by atoms with Gasteiger partial charge in [0.25, 0.3) is 0 Å². The van der Waals surface area contributed by atoms with Crippen molar-refractivity contribution in [1.82, 2.24) is 0 Å². The number of hydrogen-bond acceptors (Lipinski definition) is 4. The first-order valence-corrected chi connectivity index (χ1v) is 6.78. The fourth-order valence-corrected chi connectivity index (χ4v) is 2.75. The molecule has 0 aliphatic rings. The molecule has 4 nitrogen and oxygen atoms in total. The van der Waals surface area contributed by atoms with Crippen LogP contribution in [-0.4, -0.2) is 24.2 Å². The largest absolute Gasteiger partial charge is 0.380 e. The summed E-state index contributed by atoms with van der Waals surface area (Å²) >= 11 is 0. The lowest BCUT2D eigenvalue weighted by atomic mass is 10.3. The molecule has 86 valence electrons. The normalized spacial score (nSPS) is 14.3. The summed E-state index contributed by atoms with van der Waals surface area (Å²) in [5, 5.41) is 9.65. The van der Waals surface area contributed by atoms with Crippen molar-refractivity contribution in [3.63, 3.8) is 0 Å². The highest BCUT2D eigenvalue weighted by Gasteiger charge is 2.33. The van der Waals surface area contributed by atoms with E-state index in [9.17, 15) is 9.67 Å². The fraction of sp³-hybridized carbons (Fsp3) is 1.00. The Morgan fingerprint density at radius 1 is 1.21 bits per heavy atom. The molecule has 0 radical (unpaired) electrons. The van der Waals surface area contributed by atoms with Gasteiger partial charge in [-0.3, -0.25) is 4.57 Å². The Labute approximate surface area is 86.1 Å². The van der Waals surface area contributed by atoms with E-state index in [0.717, 1.165) is 12.8 Å². The third kappa shape index (κ3) is 4.56. The van der Waals surface area contributed by atoms with Crippen LogP contribution in [0, 0.1) is 0 Å². The average molecular weight is 224 g/mol. The van der Waals surface area contributed by atoms with Crippen molar-refractivity contribution in [2.24, 2.45) is 0 Å². The van der Waals surface area contributed by atoms with Gasteiger partial charge in [0.05, 0.1) is 13.2 Å². The molecule has 0 spiro atoms. The zero-order valence-corrected chi connectivity index (χ0v) is 10.1. The molecule has 0 bridgehead atoms. The molecule has 5 heteroatoms. The molecule has 0 aliphatic carbocycles. The third-order valence-electron chi connectivity index (χ3n) is 1.80. The van der Waals surface area contributed by atoms with Crippen LogP contribution in [0.15, 0.2) is 0 Å². The Morgan fingerprint density at radius 2 is 1.71 bits per heavy atom. The molecule has 0 saturated carbocycles. The zero-order chi connectivity index (χ0) is 11.0. The molecule has 14 heavy (non-hydrogen) atoms. The first-order valence-electron chi connectivity index (χ1n) is 5.17. The summed E-state index contributed by atoms with van der Waals surface area (Å²) < 4.78 is 21.9. The van der Waals surface area contributed by atoms with E-state index in [1.54, 1.807) is 13.8 Å². The van der Waals surface area contributed by atoms with E-state index in [1.807, 2.05) is 6.92 Å². The van der Waals surface area contributed by atoms with Crippen LogP contribution in [0.1, 0.15) is 40.0 Å².